The van der Waals surface area contributed by atoms with Gasteiger partial charge in [-0.25, -0.2) is 0 Å². The number of benzene rings is 1. The van der Waals surface area contributed by atoms with Gasteiger partial charge in [-0.1, -0.05) is 24.3 Å². The third-order valence-corrected chi connectivity index (χ3v) is 4.41. The average Bonchev–Trinajstić information content (AvgIpc) is 2.90. The van der Waals surface area contributed by atoms with Gasteiger partial charge < -0.3 is 10.4 Å². The van der Waals surface area contributed by atoms with Crippen LogP contribution in [0.4, 0.5) is 0 Å². The summed E-state index contributed by atoms with van der Waals surface area (Å²) in [6, 6.07) is 7.81. The molecule has 2 N–H and O–H groups in total. The normalized spacial score (nSPS) is 19.9. The van der Waals surface area contributed by atoms with Gasteiger partial charge in [0.1, 0.15) is 0 Å². The lowest BCUT2D eigenvalue weighted by Gasteiger charge is -2.32. The Morgan fingerprint density at radius 1 is 1.30 bits per heavy atom. The zero-order chi connectivity index (χ0) is 16.4. The number of carbonyl (C=O) groups is 2. The number of carbonyl (C=O) groups excluding carboxylic acids is 1. The first kappa shape index (κ1) is 15.3. The highest BCUT2D eigenvalue weighted by Gasteiger charge is 2.41. The second-order valence-electron chi connectivity index (χ2n) is 5.91. The molecule has 1 heterocycles. The van der Waals surface area contributed by atoms with E-state index >= 15 is 0 Å². The van der Waals surface area contributed by atoms with Crippen molar-refractivity contribution in [2.24, 2.45) is 18.9 Å². The molecule has 3 rings (SSSR count). The van der Waals surface area contributed by atoms with E-state index < -0.39 is 17.8 Å². The summed E-state index contributed by atoms with van der Waals surface area (Å²) >= 11 is 0. The van der Waals surface area contributed by atoms with Crippen molar-refractivity contribution in [1.29, 1.82) is 0 Å². The molecular weight excluding hydrogens is 294 g/mol. The maximum absolute atomic E-state index is 12.2. The van der Waals surface area contributed by atoms with Gasteiger partial charge in [0.2, 0.25) is 5.91 Å². The zero-order valence-electron chi connectivity index (χ0n) is 12.9. The van der Waals surface area contributed by atoms with Gasteiger partial charge in [-0.05, 0) is 24.0 Å². The fourth-order valence-electron chi connectivity index (χ4n) is 2.94. The van der Waals surface area contributed by atoms with Crippen LogP contribution in [0.2, 0.25) is 0 Å². The molecule has 1 amide bonds. The lowest BCUT2D eigenvalue weighted by atomic mass is 9.73. The number of amides is 1. The third kappa shape index (κ3) is 3.11. The fraction of sp³-hybridized carbons (Fsp3) is 0.353. The van der Waals surface area contributed by atoms with Crippen LogP contribution in [0.5, 0.6) is 0 Å². The van der Waals surface area contributed by atoms with E-state index in [9.17, 15) is 9.59 Å². The lowest BCUT2D eigenvalue weighted by Crippen LogP contribution is -2.43. The molecule has 0 aliphatic heterocycles. The fourth-order valence-corrected chi connectivity index (χ4v) is 2.94. The van der Waals surface area contributed by atoms with Crippen LogP contribution in [0.15, 0.2) is 36.7 Å². The molecular formula is C17H19N3O3. The summed E-state index contributed by atoms with van der Waals surface area (Å²) in [5.41, 5.74) is 2.99. The molecule has 1 aliphatic rings. The third-order valence-electron chi connectivity index (χ3n) is 4.41. The standard InChI is InChI=1S/C17H19N3O3/c1-20-10-12(9-19-20)13-5-3-2-4-11(13)8-18-16(21)14-6-7-15(14)17(22)23/h2-5,9-10,14-15H,6-8H2,1H3,(H,18,21)(H,22,23). The number of carboxylic acids is 1. The maximum atomic E-state index is 12.2. The molecule has 6 heteroatoms. The number of aromatic nitrogens is 2. The van der Waals surface area contributed by atoms with Crippen LogP contribution < -0.4 is 5.32 Å². The number of nitrogens with zero attached hydrogens (tertiary/aromatic N) is 2. The molecule has 0 spiro atoms. The Labute approximate surface area is 134 Å². The molecule has 0 radical (unpaired) electrons. The van der Waals surface area contributed by atoms with Crippen LogP contribution >= 0.6 is 0 Å². The van der Waals surface area contributed by atoms with Crippen LogP contribution in [-0.2, 0) is 23.2 Å². The Balaban J connectivity index is 1.69. The second-order valence-corrected chi connectivity index (χ2v) is 5.91. The Kier molecular flexibility index (Phi) is 4.14. The van der Waals surface area contributed by atoms with E-state index in [0.29, 0.717) is 19.4 Å². The Morgan fingerprint density at radius 3 is 2.65 bits per heavy atom. The van der Waals surface area contributed by atoms with Gasteiger partial charge in [0.25, 0.3) is 0 Å². The van der Waals surface area contributed by atoms with Crippen molar-refractivity contribution in [2.75, 3.05) is 0 Å². The number of aryl methyl sites for hydroxylation is 1. The molecule has 1 aromatic heterocycles. The minimum absolute atomic E-state index is 0.176. The Hall–Kier alpha value is -2.63. The van der Waals surface area contributed by atoms with Crippen molar-refractivity contribution in [3.05, 3.63) is 42.2 Å². The van der Waals surface area contributed by atoms with Gasteiger partial charge in [-0.2, -0.15) is 5.10 Å². The van der Waals surface area contributed by atoms with Gasteiger partial charge >= 0.3 is 5.97 Å². The molecule has 2 aromatic rings. The van der Waals surface area contributed by atoms with Gasteiger partial charge in [0, 0.05) is 25.4 Å². The second kappa shape index (κ2) is 6.24. The summed E-state index contributed by atoms with van der Waals surface area (Å²) in [5, 5.41) is 16.1. The van der Waals surface area contributed by atoms with Crippen LogP contribution in [0, 0.1) is 11.8 Å². The van der Waals surface area contributed by atoms with Crippen molar-refractivity contribution in [3.63, 3.8) is 0 Å². The van der Waals surface area contributed by atoms with Gasteiger partial charge in [0.05, 0.1) is 18.0 Å². The van der Waals surface area contributed by atoms with Crippen LogP contribution in [0.3, 0.4) is 0 Å². The molecule has 0 saturated heterocycles. The van der Waals surface area contributed by atoms with Crippen molar-refractivity contribution < 1.29 is 14.7 Å². The first-order chi connectivity index (χ1) is 11.1. The van der Waals surface area contributed by atoms with E-state index in [4.69, 9.17) is 5.11 Å². The highest BCUT2D eigenvalue weighted by Crippen LogP contribution is 2.34. The number of hydrogen-bond acceptors (Lipinski definition) is 3. The van der Waals surface area contributed by atoms with Crippen LogP contribution in [0.25, 0.3) is 11.1 Å². The summed E-state index contributed by atoms with van der Waals surface area (Å²) in [5.74, 6) is -2.00. The summed E-state index contributed by atoms with van der Waals surface area (Å²) < 4.78 is 1.73. The molecule has 6 nitrogen and oxygen atoms in total. The van der Waals surface area contributed by atoms with Crippen molar-refractivity contribution >= 4 is 11.9 Å². The number of hydrogen-bond donors (Lipinski definition) is 2. The predicted octanol–water partition coefficient (Wildman–Crippen LogP) is 1.81. The van der Waals surface area contributed by atoms with Gasteiger partial charge in [0.15, 0.2) is 0 Å². The molecule has 1 aromatic carbocycles. The summed E-state index contributed by atoms with van der Waals surface area (Å²) in [4.78, 5) is 23.2. The summed E-state index contributed by atoms with van der Waals surface area (Å²) in [7, 11) is 1.86. The van der Waals surface area contributed by atoms with E-state index in [0.717, 1.165) is 16.7 Å². The molecule has 0 bridgehead atoms. The first-order valence-electron chi connectivity index (χ1n) is 7.63. The molecule has 120 valence electrons. The summed E-state index contributed by atoms with van der Waals surface area (Å²) in [6.07, 6.45) is 4.94. The van der Waals surface area contributed by atoms with Crippen molar-refractivity contribution in [3.8, 4) is 11.1 Å². The van der Waals surface area contributed by atoms with Crippen molar-refractivity contribution in [1.82, 2.24) is 15.1 Å². The van der Waals surface area contributed by atoms with E-state index in [1.54, 1.807) is 10.9 Å². The van der Waals surface area contributed by atoms with E-state index in [1.165, 1.54) is 0 Å². The van der Waals surface area contributed by atoms with Gasteiger partial charge in [-0.15, -0.1) is 0 Å². The van der Waals surface area contributed by atoms with Crippen molar-refractivity contribution in [2.45, 2.75) is 19.4 Å². The highest BCUT2D eigenvalue weighted by molar-refractivity contribution is 5.86. The Bertz CT molecular complexity index is 738. The summed E-state index contributed by atoms with van der Waals surface area (Å²) in [6.45, 7) is 0.382. The Morgan fingerprint density at radius 2 is 2.04 bits per heavy atom. The molecule has 1 saturated carbocycles. The molecule has 1 fully saturated rings. The monoisotopic (exact) mass is 313 g/mol. The SMILES string of the molecule is Cn1cc(-c2ccccc2CNC(=O)C2CCC2C(=O)O)cn1. The van der Waals surface area contributed by atoms with E-state index in [2.05, 4.69) is 10.4 Å². The first-order valence-corrected chi connectivity index (χ1v) is 7.63. The average molecular weight is 313 g/mol. The number of nitrogens with one attached hydrogen (secondary N) is 1. The van der Waals surface area contributed by atoms with E-state index in [1.807, 2.05) is 37.5 Å². The topological polar surface area (TPSA) is 84.2 Å². The molecule has 23 heavy (non-hydrogen) atoms. The van der Waals surface area contributed by atoms with Gasteiger partial charge in [-0.3, -0.25) is 14.3 Å². The maximum Gasteiger partial charge on any atom is 0.307 e. The van der Waals surface area contributed by atoms with Crippen LogP contribution in [-0.4, -0.2) is 26.8 Å². The lowest BCUT2D eigenvalue weighted by molar-refractivity contribution is -0.152. The van der Waals surface area contributed by atoms with Crippen LogP contribution in [0.1, 0.15) is 18.4 Å². The minimum Gasteiger partial charge on any atom is -0.481 e. The minimum atomic E-state index is -0.882. The smallest absolute Gasteiger partial charge is 0.307 e. The quantitative estimate of drug-likeness (QED) is 0.882. The largest absolute Gasteiger partial charge is 0.481 e. The number of rotatable bonds is 5. The molecule has 2 atom stereocenters. The highest BCUT2D eigenvalue weighted by atomic mass is 16.4. The van der Waals surface area contributed by atoms with E-state index in [-0.39, 0.29) is 5.91 Å². The molecule has 1 aliphatic carbocycles. The molecule has 2 unspecified atom stereocenters. The predicted molar refractivity (Wildman–Crippen MR) is 84.3 cm³/mol. The number of carboxylic acid groups (broad SMARTS) is 1. The zero-order valence-corrected chi connectivity index (χ0v) is 12.9. The number of aliphatic carboxylic acids is 1.